The Kier molecular flexibility index (Phi) is 6.18. The molecule has 26 heavy (non-hydrogen) atoms. The summed E-state index contributed by atoms with van der Waals surface area (Å²) in [7, 11) is -1.05. The van der Waals surface area contributed by atoms with E-state index < -0.39 is 21.9 Å². The van der Waals surface area contributed by atoms with Crippen LogP contribution >= 0.6 is 0 Å². The van der Waals surface area contributed by atoms with Crippen molar-refractivity contribution >= 4 is 27.6 Å². The first-order chi connectivity index (χ1) is 12.4. The van der Waals surface area contributed by atoms with Gasteiger partial charge in [-0.1, -0.05) is 0 Å². The van der Waals surface area contributed by atoms with Crippen LogP contribution in [0.2, 0.25) is 0 Å². The van der Waals surface area contributed by atoms with Gasteiger partial charge in [0, 0.05) is 11.3 Å². The first kappa shape index (κ1) is 19.3. The van der Waals surface area contributed by atoms with E-state index in [1.807, 2.05) is 0 Å². The maximum atomic E-state index is 12.3. The minimum Gasteiger partial charge on any atom is -0.497 e. The highest BCUT2D eigenvalue weighted by Crippen LogP contribution is 2.19. The second-order valence-electron chi connectivity index (χ2n) is 5.12. The van der Waals surface area contributed by atoms with Crippen LogP contribution in [0.4, 0.5) is 5.69 Å². The van der Waals surface area contributed by atoms with Crippen LogP contribution in [0.15, 0.2) is 53.4 Å². The number of carbonyl (C=O) groups is 2. The zero-order valence-corrected chi connectivity index (χ0v) is 15.0. The Morgan fingerprint density at radius 1 is 0.962 bits per heavy atom. The van der Waals surface area contributed by atoms with Crippen LogP contribution in [-0.2, 0) is 19.6 Å². The van der Waals surface area contributed by atoms with Gasteiger partial charge in [0.2, 0.25) is 0 Å². The van der Waals surface area contributed by atoms with Crippen LogP contribution in [0.1, 0.15) is 10.4 Å². The average Bonchev–Trinajstić information content (AvgIpc) is 2.66. The zero-order valence-electron chi connectivity index (χ0n) is 14.2. The van der Waals surface area contributed by atoms with Crippen LogP contribution in [-0.4, -0.2) is 41.1 Å². The van der Waals surface area contributed by atoms with E-state index in [-0.39, 0.29) is 17.0 Å². The molecule has 0 aromatic heterocycles. The van der Waals surface area contributed by atoms with Crippen molar-refractivity contribution in [1.82, 2.24) is 5.32 Å². The predicted molar refractivity (Wildman–Crippen MR) is 94.6 cm³/mol. The predicted octanol–water partition coefficient (Wildman–Crippen LogP) is 1.40. The van der Waals surface area contributed by atoms with E-state index in [1.54, 1.807) is 12.1 Å². The van der Waals surface area contributed by atoms with Crippen molar-refractivity contribution < 1.29 is 27.5 Å². The van der Waals surface area contributed by atoms with Crippen molar-refractivity contribution in [2.45, 2.75) is 4.90 Å². The fraction of sp³-hybridized carbons (Fsp3) is 0.176. The molecule has 0 heterocycles. The van der Waals surface area contributed by atoms with Crippen molar-refractivity contribution in [1.29, 1.82) is 0 Å². The number of ether oxygens (including phenoxy) is 2. The number of esters is 1. The van der Waals surface area contributed by atoms with Crippen molar-refractivity contribution in [3.8, 4) is 5.75 Å². The number of methoxy groups -OCH3 is 2. The standard InChI is InChI=1S/C17H18N2O6S/c1-24-14-7-9-15(10-8-14)26(22,23)19-13-5-3-12(4-6-13)17(21)18-11-16(20)25-2/h3-10,19H,11H2,1-2H3,(H,18,21). The third kappa shape index (κ3) is 4.96. The normalized spacial score (nSPS) is 10.7. The number of benzene rings is 2. The van der Waals surface area contributed by atoms with Gasteiger partial charge >= 0.3 is 5.97 Å². The van der Waals surface area contributed by atoms with E-state index >= 15 is 0 Å². The van der Waals surface area contributed by atoms with Crippen molar-refractivity contribution in [3.63, 3.8) is 0 Å². The molecule has 2 rings (SSSR count). The van der Waals surface area contributed by atoms with Crippen LogP contribution in [0, 0.1) is 0 Å². The fourth-order valence-electron chi connectivity index (χ4n) is 1.99. The van der Waals surface area contributed by atoms with Crippen LogP contribution < -0.4 is 14.8 Å². The minimum absolute atomic E-state index is 0.0817. The lowest BCUT2D eigenvalue weighted by atomic mass is 10.2. The van der Waals surface area contributed by atoms with Gasteiger partial charge in [0.25, 0.3) is 15.9 Å². The molecule has 0 saturated heterocycles. The van der Waals surface area contributed by atoms with E-state index in [2.05, 4.69) is 14.8 Å². The minimum atomic E-state index is -3.76. The zero-order chi connectivity index (χ0) is 19.2. The van der Waals surface area contributed by atoms with Gasteiger partial charge in [-0.25, -0.2) is 8.42 Å². The Balaban J connectivity index is 2.05. The molecule has 0 aliphatic heterocycles. The number of nitrogens with one attached hydrogen (secondary N) is 2. The number of rotatable bonds is 7. The van der Waals surface area contributed by atoms with E-state index in [9.17, 15) is 18.0 Å². The van der Waals surface area contributed by atoms with Gasteiger partial charge in [-0.3, -0.25) is 14.3 Å². The molecule has 9 heteroatoms. The van der Waals surface area contributed by atoms with Crippen molar-refractivity contribution in [2.24, 2.45) is 0 Å². The molecule has 0 fully saturated rings. The molecule has 0 radical (unpaired) electrons. The van der Waals surface area contributed by atoms with Gasteiger partial charge in [0.05, 0.1) is 19.1 Å². The topological polar surface area (TPSA) is 111 Å². The van der Waals surface area contributed by atoms with Gasteiger partial charge in [-0.15, -0.1) is 0 Å². The van der Waals surface area contributed by atoms with E-state index in [1.165, 1.54) is 50.6 Å². The molecular formula is C17H18N2O6S. The molecule has 0 unspecified atom stereocenters. The number of hydrogen-bond donors (Lipinski definition) is 2. The summed E-state index contributed by atoms with van der Waals surface area (Å²) in [6.45, 7) is -0.249. The Bertz CT molecular complexity index is 876. The highest BCUT2D eigenvalue weighted by atomic mass is 32.2. The molecule has 8 nitrogen and oxygen atoms in total. The van der Waals surface area contributed by atoms with Gasteiger partial charge in [-0.05, 0) is 48.5 Å². The number of amides is 1. The third-order valence-corrected chi connectivity index (χ3v) is 4.79. The third-order valence-electron chi connectivity index (χ3n) is 3.39. The lowest BCUT2D eigenvalue weighted by Gasteiger charge is -2.09. The lowest BCUT2D eigenvalue weighted by molar-refractivity contribution is -0.139. The highest BCUT2D eigenvalue weighted by Gasteiger charge is 2.15. The summed E-state index contributed by atoms with van der Waals surface area (Å²) in [5.74, 6) is -0.492. The second kappa shape index (κ2) is 8.34. The molecule has 0 aliphatic rings. The van der Waals surface area contributed by atoms with Gasteiger partial charge in [0.1, 0.15) is 12.3 Å². The SMILES string of the molecule is COC(=O)CNC(=O)c1ccc(NS(=O)(=O)c2ccc(OC)cc2)cc1. The molecule has 0 aliphatic carbocycles. The Labute approximate surface area is 151 Å². The number of sulfonamides is 1. The molecule has 0 atom stereocenters. The summed E-state index contributed by atoms with van der Waals surface area (Å²) in [6.07, 6.45) is 0. The van der Waals surface area contributed by atoms with E-state index in [0.717, 1.165) is 0 Å². The van der Waals surface area contributed by atoms with Crippen molar-refractivity contribution in [3.05, 3.63) is 54.1 Å². The molecule has 0 spiro atoms. The van der Waals surface area contributed by atoms with Crippen molar-refractivity contribution in [2.75, 3.05) is 25.5 Å². The Hall–Kier alpha value is -3.07. The Morgan fingerprint density at radius 2 is 1.58 bits per heavy atom. The molecule has 0 saturated carbocycles. The second-order valence-corrected chi connectivity index (χ2v) is 6.80. The maximum Gasteiger partial charge on any atom is 0.325 e. The Morgan fingerprint density at radius 3 is 2.12 bits per heavy atom. The van der Waals surface area contributed by atoms with Crippen LogP contribution in [0.5, 0.6) is 5.75 Å². The first-order valence-corrected chi connectivity index (χ1v) is 8.96. The molecule has 2 aromatic carbocycles. The van der Waals surface area contributed by atoms with E-state index in [0.29, 0.717) is 11.4 Å². The van der Waals surface area contributed by atoms with Gasteiger partial charge < -0.3 is 14.8 Å². The summed E-state index contributed by atoms with van der Waals surface area (Å²) in [4.78, 5) is 23.0. The summed E-state index contributed by atoms with van der Waals surface area (Å²) in [6, 6.07) is 11.7. The smallest absolute Gasteiger partial charge is 0.325 e. The fourth-order valence-corrected chi connectivity index (χ4v) is 3.04. The molecular weight excluding hydrogens is 360 g/mol. The summed E-state index contributed by atoms with van der Waals surface area (Å²) in [5, 5.41) is 2.39. The maximum absolute atomic E-state index is 12.3. The number of anilines is 1. The molecule has 2 N–H and O–H groups in total. The molecule has 1 amide bonds. The highest BCUT2D eigenvalue weighted by molar-refractivity contribution is 7.92. The largest absolute Gasteiger partial charge is 0.497 e. The number of hydrogen-bond acceptors (Lipinski definition) is 6. The average molecular weight is 378 g/mol. The quantitative estimate of drug-likeness (QED) is 0.705. The summed E-state index contributed by atoms with van der Waals surface area (Å²) >= 11 is 0. The van der Waals surface area contributed by atoms with Gasteiger partial charge in [0.15, 0.2) is 0 Å². The van der Waals surface area contributed by atoms with Crippen LogP contribution in [0.3, 0.4) is 0 Å². The number of carbonyl (C=O) groups excluding carboxylic acids is 2. The van der Waals surface area contributed by atoms with Crippen LogP contribution in [0.25, 0.3) is 0 Å². The summed E-state index contributed by atoms with van der Waals surface area (Å²) in [5.41, 5.74) is 0.576. The summed E-state index contributed by atoms with van der Waals surface area (Å²) < 4.78 is 36.5. The molecule has 138 valence electrons. The first-order valence-electron chi connectivity index (χ1n) is 7.47. The van der Waals surface area contributed by atoms with Gasteiger partial charge in [-0.2, -0.15) is 0 Å². The molecule has 2 aromatic rings. The molecule has 0 bridgehead atoms. The van der Waals surface area contributed by atoms with E-state index in [4.69, 9.17) is 4.74 Å². The monoisotopic (exact) mass is 378 g/mol. The lowest BCUT2D eigenvalue weighted by Crippen LogP contribution is -2.30.